The molecule has 0 saturated heterocycles. The van der Waals surface area contributed by atoms with Crippen LogP contribution < -0.4 is 5.32 Å². The standard InChI is InChI=1S/C26H23NO3S2/c1-16-23(26(29)30-15-17-7-3-2-4-8-17)25(22-10-6-12-32-22)24-19(27-16)13-18(14-20(24)28)21-9-5-11-31-21/h2-12,18,25,27H,13-15H2,1H3. The summed E-state index contributed by atoms with van der Waals surface area (Å²) in [5.41, 5.74) is 3.89. The molecule has 3 aromatic rings. The first-order valence-electron chi connectivity index (χ1n) is 10.6. The van der Waals surface area contributed by atoms with Gasteiger partial charge in [-0.05, 0) is 41.8 Å². The topological polar surface area (TPSA) is 55.4 Å². The van der Waals surface area contributed by atoms with Crippen LogP contribution in [0.5, 0.6) is 0 Å². The van der Waals surface area contributed by atoms with Gasteiger partial charge >= 0.3 is 5.97 Å². The summed E-state index contributed by atoms with van der Waals surface area (Å²) >= 11 is 3.26. The van der Waals surface area contributed by atoms with Gasteiger partial charge in [-0.15, -0.1) is 22.7 Å². The summed E-state index contributed by atoms with van der Waals surface area (Å²) in [6.45, 7) is 2.11. The molecule has 162 valence electrons. The maximum absolute atomic E-state index is 13.4. The Balaban J connectivity index is 1.48. The molecule has 2 aromatic heterocycles. The quantitative estimate of drug-likeness (QED) is 0.480. The highest BCUT2D eigenvalue weighted by atomic mass is 32.1. The van der Waals surface area contributed by atoms with Crippen molar-refractivity contribution in [1.82, 2.24) is 5.32 Å². The molecule has 1 aromatic carbocycles. The van der Waals surface area contributed by atoms with Crippen LogP contribution in [-0.2, 0) is 20.9 Å². The molecule has 0 amide bonds. The number of dihydropyridines is 1. The number of ether oxygens (including phenoxy) is 1. The molecular weight excluding hydrogens is 438 g/mol. The van der Waals surface area contributed by atoms with Crippen molar-refractivity contribution >= 4 is 34.4 Å². The Labute approximate surface area is 195 Å². The highest BCUT2D eigenvalue weighted by Gasteiger charge is 2.42. The zero-order valence-electron chi connectivity index (χ0n) is 17.7. The van der Waals surface area contributed by atoms with Gasteiger partial charge in [-0.2, -0.15) is 0 Å². The summed E-state index contributed by atoms with van der Waals surface area (Å²) in [4.78, 5) is 28.9. The van der Waals surface area contributed by atoms with Gasteiger partial charge in [0, 0.05) is 39.1 Å². The van der Waals surface area contributed by atoms with Crippen LogP contribution in [0.15, 0.2) is 87.9 Å². The Bertz CT molecular complexity index is 1190. The van der Waals surface area contributed by atoms with Gasteiger partial charge in [-0.25, -0.2) is 4.79 Å². The van der Waals surface area contributed by atoms with E-state index < -0.39 is 0 Å². The van der Waals surface area contributed by atoms with E-state index in [0.29, 0.717) is 12.0 Å². The third kappa shape index (κ3) is 3.96. The third-order valence-corrected chi connectivity index (χ3v) is 8.01. The number of carbonyl (C=O) groups is 2. The zero-order valence-corrected chi connectivity index (χ0v) is 19.3. The van der Waals surface area contributed by atoms with Crippen molar-refractivity contribution in [2.75, 3.05) is 0 Å². The molecule has 0 radical (unpaired) electrons. The molecule has 1 aliphatic carbocycles. The van der Waals surface area contributed by atoms with Crippen molar-refractivity contribution in [1.29, 1.82) is 0 Å². The smallest absolute Gasteiger partial charge is 0.337 e. The zero-order chi connectivity index (χ0) is 22.1. The normalized spacial score (nSPS) is 20.7. The lowest BCUT2D eigenvalue weighted by molar-refractivity contribution is -0.140. The number of carbonyl (C=O) groups excluding carboxylic acids is 2. The van der Waals surface area contributed by atoms with E-state index in [1.165, 1.54) is 4.88 Å². The fraction of sp³-hybridized carbons (Fsp3) is 0.231. The van der Waals surface area contributed by atoms with Gasteiger partial charge in [-0.3, -0.25) is 4.79 Å². The molecule has 5 rings (SSSR count). The van der Waals surface area contributed by atoms with E-state index in [1.54, 1.807) is 22.7 Å². The van der Waals surface area contributed by atoms with Crippen LogP contribution in [0, 0.1) is 0 Å². The molecule has 0 saturated carbocycles. The predicted octanol–water partition coefficient (Wildman–Crippen LogP) is 5.91. The monoisotopic (exact) mass is 461 g/mol. The minimum Gasteiger partial charge on any atom is -0.457 e. The van der Waals surface area contributed by atoms with E-state index in [4.69, 9.17) is 4.74 Å². The second-order valence-electron chi connectivity index (χ2n) is 8.11. The fourth-order valence-corrected chi connectivity index (χ4v) is 6.25. The molecule has 6 heteroatoms. The molecule has 4 nitrogen and oxygen atoms in total. The van der Waals surface area contributed by atoms with Gasteiger partial charge in [0.15, 0.2) is 5.78 Å². The Morgan fingerprint density at radius 3 is 2.41 bits per heavy atom. The van der Waals surface area contributed by atoms with Gasteiger partial charge in [0.25, 0.3) is 0 Å². The van der Waals surface area contributed by atoms with Crippen molar-refractivity contribution in [3.63, 3.8) is 0 Å². The number of hydrogen-bond donors (Lipinski definition) is 1. The van der Waals surface area contributed by atoms with Crippen LogP contribution >= 0.6 is 22.7 Å². The van der Waals surface area contributed by atoms with Gasteiger partial charge in [-0.1, -0.05) is 42.5 Å². The summed E-state index contributed by atoms with van der Waals surface area (Å²) in [5, 5.41) is 7.45. The molecule has 0 bridgehead atoms. The first kappa shape index (κ1) is 20.9. The number of benzene rings is 1. The van der Waals surface area contributed by atoms with Crippen LogP contribution in [-0.4, -0.2) is 11.8 Å². The molecule has 0 spiro atoms. The highest BCUT2D eigenvalue weighted by Crippen LogP contribution is 2.47. The molecule has 3 heterocycles. The Hall–Kier alpha value is -2.96. The first-order chi connectivity index (χ1) is 15.6. The largest absolute Gasteiger partial charge is 0.457 e. The molecule has 2 atom stereocenters. The summed E-state index contributed by atoms with van der Waals surface area (Å²) in [6.07, 6.45) is 1.24. The number of esters is 1. The molecule has 2 aliphatic rings. The van der Waals surface area contributed by atoms with Gasteiger partial charge < -0.3 is 10.1 Å². The van der Waals surface area contributed by atoms with Crippen LogP contribution in [0.1, 0.15) is 46.9 Å². The van der Waals surface area contributed by atoms with Crippen molar-refractivity contribution in [2.24, 2.45) is 0 Å². The minimum atomic E-state index is -0.383. The molecule has 1 aliphatic heterocycles. The lowest BCUT2D eigenvalue weighted by atomic mass is 9.74. The predicted molar refractivity (Wildman–Crippen MR) is 127 cm³/mol. The Kier molecular flexibility index (Phi) is 5.81. The number of hydrogen-bond acceptors (Lipinski definition) is 6. The highest BCUT2D eigenvalue weighted by molar-refractivity contribution is 7.10. The summed E-state index contributed by atoms with van der Waals surface area (Å²) in [7, 11) is 0. The van der Waals surface area contributed by atoms with E-state index in [2.05, 4.69) is 16.8 Å². The van der Waals surface area contributed by atoms with Crippen molar-refractivity contribution in [2.45, 2.75) is 38.2 Å². The Morgan fingerprint density at radius 1 is 1.00 bits per heavy atom. The van der Waals surface area contributed by atoms with Gasteiger partial charge in [0.2, 0.25) is 0 Å². The average Bonchev–Trinajstić information content (AvgIpc) is 3.51. The van der Waals surface area contributed by atoms with E-state index in [9.17, 15) is 9.59 Å². The second kappa shape index (κ2) is 8.88. The van der Waals surface area contributed by atoms with Crippen LogP contribution in [0.25, 0.3) is 0 Å². The number of nitrogens with one attached hydrogen (secondary N) is 1. The van der Waals surface area contributed by atoms with Gasteiger partial charge in [0.1, 0.15) is 6.61 Å². The molecular formula is C26H23NO3S2. The fourth-order valence-electron chi connectivity index (χ4n) is 4.58. The van der Waals surface area contributed by atoms with E-state index in [-0.39, 0.29) is 30.2 Å². The first-order valence-corrected chi connectivity index (χ1v) is 12.4. The van der Waals surface area contributed by atoms with E-state index >= 15 is 0 Å². The lowest BCUT2D eigenvalue weighted by Crippen LogP contribution is -2.35. The molecule has 1 N–H and O–H groups in total. The number of thiophene rings is 2. The van der Waals surface area contributed by atoms with E-state index in [1.807, 2.05) is 60.8 Å². The average molecular weight is 462 g/mol. The van der Waals surface area contributed by atoms with Crippen LogP contribution in [0.4, 0.5) is 0 Å². The maximum Gasteiger partial charge on any atom is 0.337 e. The van der Waals surface area contributed by atoms with Crippen LogP contribution in [0.2, 0.25) is 0 Å². The summed E-state index contributed by atoms with van der Waals surface area (Å²) in [5.74, 6) is -0.475. The Morgan fingerprint density at radius 2 is 1.72 bits per heavy atom. The lowest BCUT2D eigenvalue weighted by Gasteiger charge is -2.35. The van der Waals surface area contributed by atoms with Crippen molar-refractivity contribution in [3.05, 3.63) is 103 Å². The molecule has 2 unspecified atom stereocenters. The summed E-state index contributed by atoms with van der Waals surface area (Å²) < 4.78 is 5.70. The summed E-state index contributed by atoms with van der Waals surface area (Å²) in [6, 6.07) is 17.7. The second-order valence-corrected chi connectivity index (χ2v) is 10.1. The number of ketones is 1. The van der Waals surface area contributed by atoms with Crippen molar-refractivity contribution in [3.8, 4) is 0 Å². The molecule has 0 fully saturated rings. The molecule has 32 heavy (non-hydrogen) atoms. The third-order valence-electron chi connectivity index (χ3n) is 6.03. The van der Waals surface area contributed by atoms with Gasteiger partial charge in [0.05, 0.1) is 11.5 Å². The number of Topliss-reactive ketones (excluding diaryl/α,β-unsaturated/α-hetero) is 1. The minimum absolute atomic E-state index is 0.108. The van der Waals surface area contributed by atoms with E-state index in [0.717, 1.165) is 33.8 Å². The number of allylic oxidation sites excluding steroid dienone is 3. The van der Waals surface area contributed by atoms with Crippen LogP contribution in [0.3, 0.4) is 0 Å². The van der Waals surface area contributed by atoms with Crippen molar-refractivity contribution < 1.29 is 14.3 Å². The SMILES string of the molecule is CC1=C(C(=O)OCc2ccccc2)C(c2cccs2)C2=C(CC(c3cccs3)CC2=O)N1. The number of rotatable bonds is 5. The maximum atomic E-state index is 13.4.